The average Bonchev–Trinajstić information content (AvgIpc) is 2.88. The number of amides is 2. The van der Waals surface area contributed by atoms with Crippen molar-refractivity contribution in [1.82, 2.24) is 4.90 Å². The van der Waals surface area contributed by atoms with E-state index in [0.29, 0.717) is 54.9 Å². The molecule has 1 fully saturated rings. The molecule has 0 bridgehead atoms. The minimum Gasteiger partial charge on any atom is -0.484 e. The number of halogens is 1. The van der Waals surface area contributed by atoms with Crippen molar-refractivity contribution in [3.63, 3.8) is 0 Å². The molecule has 3 aromatic carbocycles. The van der Waals surface area contributed by atoms with E-state index < -0.39 is 0 Å². The Morgan fingerprint density at radius 1 is 0.941 bits per heavy atom. The van der Waals surface area contributed by atoms with E-state index in [9.17, 15) is 9.59 Å². The zero-order valence-corrected chi connectivity index (χ0v) is 19.4. The molecule has 1 aliphatic rings. The van der Waals surface area contributed by atoms with Crippen LogP contribution in [-0.4, -0.2) is 49.6 Å². The lowest BCUT2D eigenvalue weighted by atomic mass is 10.2. The summed E-state index contributed by atoms with van der Waals surface area (Å²) in [5, 5.41) is 6.61. The number of morpholine rings is 1. The summed E-state index contributed by atoms with van der Waals surface area (Å²) in [6.45, 7) is 2.95. The minimum atomic E-state index is -0.254. The number of hydrogen-bond acceptors (Lipinski definition) is 5. The maximum absolute atomic E-state index is 12.4. The normalized spacial score (nSPS) is 13.3. The van der Waals surface area contributed by atoms with E-state index in [1.165, 1.54) is 0 Å². The van der Waals surface area contributed by atoms with E-state index in [2.05, 4.69) is 10.6 Å². The van der Waals surface area contributed by atoms with Gasteiger partial charge < -0.3 is 25.0 Å². The van der Waals surface area contributed by atoms with Crippen molar-refractivity contribution in [2.24, 2.45) is 0 Å². The van der Waals surface area contributed by atoms with E-state index in [1.807, 2.05) is 48.5 Å². The van der Waals surface area contributed by atoms with Gasteiger partial charge in [-0.3, -0.25) is 9.59 Å². The smallest absolute Gasteiger partial charge is 0.260 e. The maximum atomic E-state index is 12.4. The Morgan fingerprint density at radius 2 is 1.68 bits per heavy atom. The van der Waals surface area contributed by atoms with Crippen LogP contribution in [0.3, 0.4) is 0 Å². The number of carbonyl (C=O) groups excluding carboxylic acids is 2. The summed E-state index contributed by atoms with van der Waals surface area (Å²) in [5.41, 5.74) is 3.04. The Labute approximate surface area is 203 Å². The van der Waals surface area contributed by atoms with E-state index in [-0.39, 0.29) is 18.4 Å². The van der Waals surface area contributed by atoms with Crippen LogP contribution in [0.4, 0.5) is 11.4 Å². The molecule has 0 aromatic heterocycles. The van der Waals surface area contributed by atoms with Crippen LogP contribution in [0.1, 0.15) is 15.9 Å². The van der Waals surface area contributed by atoms with E-state index >= 15 is 0 Å². The number of hydrogen-bond donors (Lipinski definition) is 2. The molecule has 176 valence electrons. The van der Waals surface area contributed by atoms with Crippen molar-refractivity contribution in [2.75, 3.05) is 43.5 Å². The molecule has 7 nitrogen and oxygen atoms in total. The zero-order valence-electron chi connectivity index (χ0n) is 18.6. The Kier molecular flexibility index (Phi) is 8.01. The van der Waals surface area contributed by atoms with Gasteiger partial charge in [0.05, 0.1) is 23.8 Å². The Bertz CT molecular complexity index is 1130. The lowest BCUT2D eigenvalue weighted by molar-refractivity contribution is -0.137. The first-order valence-corrected chi connectivity index (χ1v) is 11.4. The second-order valence-corrected chi connectivity index (χ2v) is 8.20. The molecule has 1 heterocycles. The molecule has 0 atom stereocenters. The van der Waals surface area contributed by atoms with Crippen LogP contribution in [0.25, 0.3) is 0 Å². The molecule has 34 heavy (non-hydrogen) atoms. The van der Waals surface area contributed by atoms with Gasteiger partial charge in [0, 0.05) is 31.0 Å². The van der Waals surface area contributed by atoms with Gasteiger partial charge in [0.1, 0.15) is 5.75 Å². The fraction of sp³-hybridized carbons (Fsp3) is 0.231. The van der Waals surface area contributed by atoms with Crippen LogP contribution in [0.15, 0.2) is 72.8 Å². The lowest BCUT2D eigenvalue weighted by Crippen LogP contribution is -2.42. The van der Waals surface area contributed by atoms with E-state index in [4.69, 9.17) is 21.1 Å². The number of carbonyl (C=O) groups is 2. The number of ether oxygens (including phenoxy) is 2. The molecule has 0 radical (unpaired) electrons. The molecule has 2 amide bonds. The molecule has 0 spiro atoms. The van der Waals surface area contributed by atoms with Gasteiger partial charge in [0.2, 0.25) is 0 Å². The molecule has 1 aliphatic heterocycles. The average molecular weight is 480 g/mol. The number of rotatable bonds is 8. The largest absolute Gasteiger partial charge is 0.484 e. The fourth-order valence-corrected chi connectivity index (χ4v) is 3.74. The molecule has 4 rings (SSSR count). The first-order valence-electron chi connectivity index (χ1n) is 11.1. The van der Waals surface area contributed by atoms with Gasteiger partial charge in [-0.25, -0.2) is 0 Å². The fourth-order valence-electron chi connectivity index (χ4n) is 3.51. The minimum absolute atomic E-state index is 0.0122. The highest BCUT2D eigenvalue weighted by molar-refractivity contribution is 6.34. The van der Waals surface area contributed by atoms with Crippen molar-refractivity contribution in [1.29, 1.82) is 0 Å². The quantitative estimate of drug-likeness (QED) is 0.499. The van der Waals surface area contributed by atoms with Gasteiger partial charge in [-0.05, 0) is 54.1 Å². The molecule has 3 aromatic rings. The zero-order chi connectivity index (χ0) is 23.8. The molecule has 0 unspecified atom stereocenters. The summed E-state index contributed by atoms with van der Waals surface area (Å²) in [7, 11) is 0. The third-order valence-corrected chi connectivity index (χ3v) is 5.71. The molecular formula is C26H26ClN3O4. The predicted octanol–water partition coefficient (Wildman–Crippen LogP) is 4.44. The van der Waals surface area contributed by atoms with Crippen LogP contribution in [0.2, 0.25) is 5.02 Å². The SMILES string of the molecule is O=C(Nc1ccc(NCc2cccc(OCC(=O)N3CCOCC3)c2)cc1)c1ccccc1Cl. The number of anilines is 2. The Morgan fingerprint density at radius 3 is 2.44 bits per heavy atom. The van der Waals surface area contributed by atoms with Gasteiger partial charge in [0.25, 0.3) is 11.8 Å². The van der Waals surface area contributed by atoms with Crippen molar-refractivity contribution < 1.29 is 19.1 Å². The van der Waals surface area contributed by atoms with Gasteiger partial charge in [-0.2, -0.15) is 0 Å². The maximum Gasteiger partial charge on any atom is 0.260 e. The van der Waals surface area contributed by atoms with Crippen LogP contribution in [0, 0.1) is 0 Å². The topological polar surface area (TPSA) is 79.9 Å². The molecule has 0 saturated carbocycles. The van der Waals surface area contributed by atoms with Crippen LogP contribution in [0.5, 0.6) is 5.75 Å². The van der Waals surface area contributed by atoms with Gasteiger partial charge in [0.15, 0.2) is 6.61 Å². The summed E-state index contributed by atoms with van der Waals surface area (Å²) in [6.07, 6.45) is 0. The summed E-state index contributed by atoms with van der Waals surface area (Å²) in [5.74, 6) is 0.363. The van der Waals surface area contributed by atoms with Crippen molar-refractivity contribution >= 4 is 34.8 Å². The summed E-state index contributed by atoms with van der Waals surface area (Å²) < 4.78 is 11.0. The second kappa shape index (κ2) is 11.5. The summed E-state index contributed by atoms with van der Waals surface area (Å²) >= 11 is 6.09. The second-order valence-electron chi connectivity index (χ2n) is 7.79. The van der Waals surface area contributed by atoms with Crippen LogP contribution in [-0.2, 0) is 16.1 Å². The monoisotopic (exact) mass is 479 g/mol. The van der Waals surface area contributed by atoms with Crippen molar-refractivity contribution in [3.8, 4) is 5.75 Å². The molecule has 1 saturated heterocycles. The first-order chi connectivity index (χ1) is 16.6. The third kappa shape index (κ3) is 6.50. The highest BCUT2D eigenvalue weighted by Gasteiger charge is 2.17. The third-order valence-electron chi connectivity index (χ3n) is 5.38. The molecule has 2 N–H and O–H groups in total. The Balaban J connectivity index is 1.27. The number of nitrogens with zero attached hydrogens (tertiary/aromatic N) is 1. The number of nitrogens with one attached hydrogen (secondary N) is 2. The molecular weight excluding hydrogens is 454 g/mol. The predicted molar refractivity (Wildman–Crippen MR) is 133 cm³/mol. The highest BCUT2D eigenvalue weighted by Crippen LogP contribution is 2.20. The van der Waals surface area contributed by atoms with E-state index in [0.717, 1.165) is 11.3 Å². The van der Waals surface area contributed by atoms with Gasteiger partial charge in [-0.1, -0.05) is 35.9 Å². The van der Waals surface area contributed by atoms with Crippen LogP contribution < -0.4 is 15.4 Å². The van der Waals surface area contributed by atoms with Crippen molar-refractivity contribution in [2.45, 2.75) is 6.54 Å². The van der Waals surface area contributed by atoms with Crippen LogP contribution >= 0.6 is 11.6 Å². The number of benzene rings is 3. The van der Waals surface area contributed by atoms with E-state index in [1.54, 1.807) is 29.2 Å². The lowest BCUT2D eigenvalue weighted by Gasteiger charge is -2.26. The first kappa shape index (κ1) is 23.6. The van der Waals surface area contributed by atoms with Crippen molar-refractivity contribution in [3.05, 3.63) is 88.9 Å². The summed E-state index contributed by atoms with van der Waals surface area (Å²) in [4.78, 5) is 26.4. The van der Waals surface area contributed by atoms with Gasteiger partial charge in [-0.15, -0.1) is 0 Å². The molecule has 8 heteroatoms. The highest BCUT2D eigenvalue weighted by atomic mass is 35.5. The Hall–Kier alpha value is -3.55. The summed E-state index contributed by atoms with van der Waals surface area (Å²) in [6, 6.07) is 22.0. The standard InChI is InChI=1S/C26H26ClN3O4/c27-24-7-2-1-6-23(24)26(32)29-21-10-8-20(9-11-21)28-17-19-4-3-5-22(16-19)34-18-25(31)30-12-14-33-15-13-30/h1-11,16,28H,12-15,17-18H2,(H,29,32). The molecule has 0 aliphatic carbocycles. The van der Waals surface area contributed by atoms with Gasteiger partial charge >= 0.3 is 0 Å².